The number of hydrogen-bond donors (Lipinski definition) is 2. The van der Waals surface area contributed by atoms with Crippen LogP contribution in [0.15, 0.2) is 15.9 Å². The Morgan fingerprint density at radius 3 is 2.64 bits per heavy atom. The number of carboxylic acids is 1. The number of rotatable bonds is 6. The molecule has 1 aliphatic rings. The number of halogens is 1. The number of amides is 2. The molecule has 0 radical (unpaired) electrons. The van der Waals surface area contributed by atoms with E-state index >= 15 is 0 Å². The van der Waals surface area contributed by atoms with E-state index in [0.717, 1.165) is 16.6 Å². The van der Waals surface area contributed by atoms with Gasteiger partial charge in [-0.3, -0.25) is 4.79 Å². The van der Waals surface area contributed by atoms with Gasteiger partial charge in [0.05, 0.1) is 9.70 Å². The second kappa shape index (κ2) is 7.00. The molecule has 1 aromatic rings. The summed E-state index contributed by atoms with van der Waals surface area (Å²) >= 11 is 5.21. The van der Waals surface area contributed by atoms with Gasteiger partial charge in [-0.05, 0) is 40.9 Å². The molecule has 22 heavy (non-hydrogen) atoms. The van der Waals surface area contributed by atoms with Crippen LogP contribution in [-0.2, 0) is 10.2 Å². The van der Waals surface area contributed by atoms with Crippen LogP contribution in [0.4, 0.5) is 4.79 Å². The number of nitrogens with zero attached hydrogens (tertiary/aromatic N) is 1. The number of urea groups is 1. The van der Waals surface area contributed by atoms with Gasteiger partial charge >= 0.3 is 12.0 Å². The molecule has 1 unspecified atom stereocenters. The Morgan fingerprint density at radius 2 is 2.18 bits per heavy atom. The summed E-state index contributed by atoms with van der Waals surface area (Å²) in [5.41, 5.74) is 0.0472. The van der Waals surface area contributed by atoms with Crippen LogP contribution in [0, 0.1) is 5.92 Å². The van der Waals surface area contributed by atoms with Crippen molar-refractivity contribution < 1.29 is 14.7 Å². The fourth-order valence-corrected chi connectivity index (χ4v) is 4.30. The van der Waals surface area contributed by atoms with Gasteiger partial charge in [-0.1, -0.05) is 13.3 Å². The second-order valence-electron chi connectivity index (χ2n) is 6.02. The summed E-state index contributed by atoms with van der Waals surface area (Å²) < 4.78 is 1.10. The van der Waals surface area contributed by atoms with Crippen LogP contribution in [0.1, 0.15) is 31.1 Å². The highest BCUT2D eigenvalue weighted by Crippen LogP contribution is 2.46. The predicted octanol–water partition coefficient (Wildman–Crippen LogP) is 3.29. The first-order valence-electron chi connectivity index (χ1n) is 7.32. The van der Waals surface area contributed by atoms with E-state index in [-0.39, 0.29) is 18.0 Å². The Kier molecular flexibility index (Phi) is 5.50. The lowest BCUT2D eigenvalue weighted by Gasteiger charge is -2.41. The highest BCUT2D eigenvalue weighted by atomic mass is 79.9. The van der Waals surface area contributed by atoms with Crippen molar-refractivity contribution in [3.8, 4) is 0 Å². The van der Waals surface area contributed by atoms with E-state index in [9.17, 15) is 9.59 Å². The molecular formula is C15H21BrN2O3S. The van der Waals surface area contributed by atoms with Crippen LogP contribution in [-0.4, -0.2) is 42.1 Å². The molecule has 1 saturated carbocycles. The number of thiophene rings is 1. The molecule has 122 valence electrons. The zero-order chi connectivity index (χ0) is 16.3. The van der Waals surface area contributed by atoms with E-state index in [2.05, 4.69) is 27.3 Å². The SMILES string of the molecule is CC(CN(C)C(=O)NCC1(c2ccc(Br)s2)CCC1)C(=O)O. The minimum atomic E-state index is -0.890. The highest BCUT2D eigenvalue weighted by molar-refractivity contribution is 9.11. The third-order valence-corrected chi connectivity index (χ3v) is 6.17. The van der Waals surface area contributed by atoms with E-state index in [4.69, 9.17) is 5.11 Å². The lowest BCUT2D eigenvalue weighted by atomic mass is 9.68. The van der Waals surface area contributed by atoms with Gasteiger partial charge in [-0.15, -0.1) is 11.3 Å². The summed E-state index contributed by atoms with van der Waals surface area (Å²) in [6.07, 6.45) is 3.34. The number of carbonyl (C=O) groups is 2. The first-order valence-corrected chi connectivity index (χ1v) is 8.92. The third kappa shape index (κ3) is 3.81. The van der Waals surface area contributed by atoms with E-state index < -0.39 is 11.9 Å². The molecule has 0 spiro atoms. The van der Waals surface area contributed by atoms with Crippen molar-refractivity contribution in [2.75, 3.05) is 20.1 Å². The normalized spacial score (nSPS) is 17.4. The first-order chi connectivity index (χ1) is 10.3. The zero-order valence-electron chi connectivity index (χ0n) is 12.8. The van der Waals surface area contributed by atoms with Crippen molar-refractivity contribution in [3.63, 3.8) is 0 Å². The van der Waals surface area contributed by atoms with Crippen molar-refractivity contribution in [3.05, 3.63) is 20.8 Å². The summed E-state index contributed by atoms with van der Waals surface area (Å²) in [6, 6.07) is 3.95. The average Bonchev–Trinajstić information content (AvgIpc) is 2.83. The molecule has 1 atom stereocenters. The largest absolute Gasteiger partial charge is 0.481 e. The number of carboxylic acid groups (broad SMARTS) is 1. The monoisotopic (exact) mass is 388 g/mol. The lowest BCUT2D eigenvalue weighted by Crippen LogP contribution is -2.49. The van der Waals surface area contributed by atoms with Crippen LogP contribution < -0.4 is 5.32 Å². The molecule has 0 bridgehead atoms. The first kappa shape index (κ1) is 17.3. The molecule has 2 N–H and O–H groups in total. The summed E-state index contributed by atoms with van der Waals surface area (Å²) in [6.45, 7) is 2.41. The van der Waals surface area contributed by atoms with Crippen molar-refractivity contribution in [2.24, 2.45) is 5.92 Å². The van der Waals surface area contributed by atoms with Crippen molar-refractivity contribution in [2.45, 2.75) is 31.6 Å². The summed E-state index contributed by atoms with van der Waals surface area (Å²) in [4.78, 5) is 25.7. The molecule has 1 fully saturated rings. The molecule has 0 aromatic carbocycles. The Hall–Kier alpha value is -1.08. The van der Waals surface area contributed by atoms with Gasteiger partial charge in [0.1, 0.15) is 0 Å². The number of carbonyl (C=O) groups excluding carboxylic acids is 1. The minimum absolute atomic E-state index is 0.0472. The molecule has 0 aliphatic heterocycles. The molecule has 7 heteroatoms. The number of nitrogens with one attached hydrogen (secondary N) is 1. The highest BCUT2D eigenvalue weighted by Gasteiger charge is 2.40. The second-order valence-corrected chi connectivity index (χ2v) is 8.48. The van der Waals surface area contributed by atoms with Gasteiger partial charge < -0.3 is 15.3 Å². The maximum absolute atomic E-state index is 12.1. The minimum Gasteiger partial charge on any atom is -0.481 e. The standard InChI is InChI=1S/C15H21BrN2O3S/c1-10(13(19)20)8-18(2)14(21)17-9-15(6-3-7-15)11-4-5-12(16)22-11/h4-5,10H,3,6-9H2,1-2H3,(H,17,21)(H,19,20). The fraction of sp³-hybridized carbons (Fsp3) is 0.600. The van der Waals surface area contributed by atoms with Gasteiger partial charge in [0.15, 0.2) is 0 Å². The molecular weight excluding hydrogens is 368 g/mol. The molecule has 0 saturated heterocycles. The number of hydrogen-bond acceptors (Lipinski definition) is 3. The van der Waals surface area contributed by atoms with Gasteiger partial charge in [-0.2, -0.15) is 0 Å². The Morgan fingerprint density at radius 1 is 1.50 bits per heavy atom. The average molecular weight is 389 g/mol. The summed E-state index contributed by atoms with van der Waals surface area (Å²) in [5, 5.41) is 11.9. The van der Waals surface area contributed by atoms with Crippen LogP contribution in [0.2, 0.25) is 0 Å². The Labute approximate surface area is 142 Å². The summed E-state index contributed by atoms with van der Waals surface area (Å²) in [7, 11) is 1.63. The lowest BCUT2D eigenvalue weighted by molar-refractivity contribution is -0.141. The smallest absolute Gasteiger partial charge is 0.317 e. The van der Waals surface area contributed by atoms with Crippen LogP contribution in [0.25, 0.3) is 0 Å². The van der Waals surface area contributed by atoms with Gasteiger partial charge in [0, 0.05) is 30.4 Å². The topological polar surface area (TPSA) is 69.6 Å². The molecule has 5 nitrogen and oxygen atoms in total. The zero-order valence-corrected chi connectivity index (χ0v) is 15.2. The van der Waals surface area contributed by atoms with E-state index in [1.807, 2.05) is 6.07 Å². The molecule has 2 rings (SSSR count). The Balaban J connectivity index is 1.91. The van der Waals surface area contributed by atoms with E-state index in [1.165, 1.54) is 16.2 Å². The summed E-state index contributed by atoms with van der Waals surface area (Å²) in [5.74, 6) is -1.46. The van der Waals surface area contributed by atoms with Crippen molar-refractivity contribution in [1.29, 1.82) is 0 Å². The molecule has 1 aliphatic carbocycles. The molecule has 1 heterocycles. The van der Waals surface area contributed by atoms with Crippen molar-refractivity contribution >= 4 is 39.3 Å². The Bertz CT molecular complexity index is 557. The predicted molar refractivity (Wildman–Crippen MR) is 90.4 cm³/mol. The van der Waals surface area contributed by atoms with E-state index in [1.54, 1.807) is 25.3 Å². The van der Waals surface area contributed by atoms with Gasteiger partial charge in [0.25, 0.3) is 0 Å². The third-order valence-electron chi connectivity index (χ3n) is 4.30. The van der Waals surface area contributed by atoms with Crippen LogP contribution in [0.3, 0.4) is 0 Å². The molecule has 1 aromatic heterocycles. The number of aliphatic carboxylic acids is 1. The van der Waals surface area contributed by atoms with Crippen molar-refractivity contribution in [1.82, 2.24) is 10.2 Å². The van der Waals surface area contributed by atoms with Crippen LogP contribution in [0.5, 0.6) is 0 Å². The fourth-order valence-electron chi connectivity index (χ4n) is 2.66. The van der Waals surface area contributed by atoms with Crippen LogP contribution >= 0.6 is 27.3 Å². The van der Waals surface area contributed by atoms with Gasteiger partial charge in [-0.25, -0.2) is 4.79 Å². The maximum atomic E-state index is 12.1. The maximum Gasteiger partial charge on any atom is 0.317 e. The molecule has 2 amide bonds. The quantitative estimate of drug-likeness (QED) is 0.785. The van der Waals surface area contributed by atoms with E-state index in [0.29, 0.717) is 6.54 Å². The van der Waals surface area contributed by atoms with Gasteiger partial charge in [0.2, 0.25) is 0 Å².